The molecule has 0 radical (unpaired) electrons. The SMILES string of the molecule is O=C(O)C1CN(C(=O)N2CCC(CN3CCCC3)CC2)C1. The van der Waals surface area contributed by atoms with Crippen molar-refractivity contribution in [3.63, 3.8) is 0 Å². The number of carbonyl (C=O) groups is 2. The van der Waals surface area contributed by atoms with Gasteiger partial charge in [-0.3, -0.25) is 4.79 Å². The second-order valence-corrected chi connectivity index (χ2v) is 6.66. The summed E-state index contributed by atoms with van der Waals surface area (Å²) >= 11 is 0. The van der Waals surface area contributed by atoms with E-state index in [1.807, 2.05) is 4.90 Å². The molecule has 6 nitrogen and oxygen atoms in total. The molecule has 3 heterocycles. The lowest BCUT2D eigenvalue weighted by Gasteiger charge is -2.42. The van der Waals surface area contributed by atoms with Gasteiger partial charge in [0.25, 0.3) is 0 Å². The molecule has 2 amide bonds. The summed E-state index contributed by atoms with van der Waals surface area (Å²) in [6, 6.07) is 0.0344. The predicted molar refractivity (Wildman–Crippen MR) is 78.1 cm³/mol. The van der Waals surface area contributed by atoms with Crippen molar-refractivity contribution in [3.8, 4) is 0 Å². The van der Waals surface area contributed by atoms with Gasteiger partial charge in [-0.1, -0.05) is 0 Å². The molecule has 0 aromatic rings. The molecule has 0 bridgehead atoms. The van der Waals surface area contributed by atoms with Crippen molar-refractivity contribution < 1.29 is 14.7 Å². The Labute approximate surface area is 125 Å². The van der Waals surface area contributed by atoms with Crippen molar-refractivity contribution in [2.45, 2.75) is 25.7 Å². The van der Waals surface area contributed by atoms with Gasteiger partial charge in [0.2, 0.25) is 0 Å². The van der Waals surface area contributed by atoms with Crippen LogP contribution in [0, 0.1) is 11.8 Å². The Hall–Kier alpha value is -1.30. The number of hydrogen-bond acceptors (Lipinski definition) is 3. The number of urea groups is 1. The maximum atomic E-state index is 12.2. The lowest BCUT2D eigenvalue weighted by Crippen LogP contribution is -2.58. The Morgan fingerprint density at radius 1 is 0.952 bits per heavy atom. The van der Waals surface area contributed by atoms with Gasteiger partial charge >= 0.3 is 12.0 Å². The van der Waals surface area contributed by atoms with E-state index in [0.717, 1.165) is 31.8 Å². The predicted octanol–water partition coefficient (Wildman–Crippen LogP) is 0.931. The lowest BCUT2D eigenvalue weighted by atomic mass is 9.96. The number of nitrogens with zero attached hydrogens (tertiary/aromatic N) is 3. The van der Waals surface area contributed by atoms with Crippen molar-refractivity contribution in [1.82, 2.24) is 14.7 Å². The van der Waals surface area contributed by atoms with Crippen LogP contribution in [0.5, 0.6) is 0 Å². The maximum Gasteiger partial charge on any atom is 0.320 e. The smallest absolute Gasteiger partial charge is 0.320 e. The van der Waals surface area contributed by atoms with Crippen molar-refractivity contribution in [2.75, 3.05) is 45.8 Å². The topological polar surface area (TPSA) is 64.1 Å². The van der Waals surface area contributed by atoms with E-state index in [9.17, 15) is 9.59 Å². The van der Waals surface area contributed by atoms with Crippen LogP contribution in [0.1, 0.15) is 25.7 Å². The third kappa shape index (κ3) is 3.31. The second-order valence-electron chi connectivity index (χ2n) is 6.66. The fourth-order valence-corrected chi connectivity index (χ4v) is 3.63. The minimum absolute atomic E-state index is 0.0344. The highest BCUT2D eigenvalue weighted by molar-refractivity contribution is 5.79. The Kier molecular flexibility index (Phi) is 4.33. The maximum absolute atomic E-state index is 12.2. The van der Waals surface area contributed by atoms with Crippen LogP contribution in [-0.2, 0) is 4.79 Å². The van der Waals surface area contributed by atoms with Crippen molar-refractivity contribution in [2.24, 2.45) is 11.8 Å². The quantitative estimate of drug-likeness (QED) is 0.841. The Morgan fingerprint density at radius 2 is 1.57 bits per heavy atom. The largest absolute Gasteiger partial charge is 0.481 e. The highest BCUT2D eigenvalue weighted by atomic mass is 16.4. The molecule has 0 spiro atoms. The molecule has 0 unspecified atom stereocenters. The van der Waals surface area contributed by atoms with Gasteiger partial charge in [-0.2, -0.15) is 0 Å². The molecule has 3 fully saturated rings. The van der Waals surface area contributed by atoms with Crippen LogP contribution in [0.4, 0.5) is 4.79 Å². The molecule has 1 N–H and O–H groups in total. The molecule has 0 aliphatic carbocycles. The van der Waals surface area contributed by atoms with Gasteiger partial charge < -0.3 is 19.8 Å². The minimum atomic E-state index is -0.789. The number of carboxylic acid groups (broad SMARTS) is 1. The van der Waals surface area contributed by atoms with Crippen LogP contribution in [0.3, 0.4) is 0 Å². The first-order valence-corrected chi connectivity index (χ1v) is 8.12. The number of amides is 2. The van der Waals surface area contributed by atoms with E-state index >= 15 is 0 Å². The van der Waals surface area contributed by atoms with E-state index in [4.69, 9.17) is 5.11 Å². The number of hydrogen-bond donors (Lipinski definition) is 1. The molecule has 0 atom stereocenters. The molecule has 6 heteroatoms. The first-order valence-electron chi connectivity index (χ1n) is 8.12. The average Bonchev–Trinajstić information content (AvgIpc) is 2.90. The van der Waals surface area contributed by atoms with E-state index in [0.29, 0.717) is 13.1 Å². The standard InChI is InChI=1S/C15H25N3O3/c19-14(20)13-10-18(11-13)15(21)17-7-3-12(4-8-17)9-16-5-1-2-6-16/h12-13H,1-11H2,(H,19,20). The van der Waals surface area contributed by atoms with Crippen molar-refractivity contribution in [3.05, 3.63) is 0 Å². The molecule has 21 heavy (non-hydrogen) atoms. The molecule has 0 aromatic heterocycles. The lowest BCUT2D eigenvalue weighted by molar-refractivity contribution is -0.146. The zero-order valence-electron chi connectivity index (χ0n) is 12.5. The summed E-state index contributed by atoms with van der Waals surface area (Å²) in [5.41, 5.74) is 0. The summed E-state index contributed by atoms with van der Waals surface area (Å²) < 4.78 is 0. The van der Waals surface area contributed by atoms with E-state index in [1.165, 1.54) is 32.5 Å². The highest BCUT2D eigenvalue weighted by Crippen LogP contribution is 2.24. The van der Waals surface area contributed by atoms with Crippen molar-refractivity contribution in [1.29, 1.82) is 0 Å². The molecular weight excluding hydrogens is 270 g/mol. The number of carboxylic acids is 1. The third-order valence-electron chi connectivity index (χ3n) is 5.10. The van der Waals surface area contributed by atoms with Crippen molar-refractivity contribution >= 4 is 12.0 Å². The van der Waals surface area contributed by atoms with Crippen LogP contribution < -0.4 is 0 Å². The molecule has 3 aliphatic heterocycles. The molecule has 3 aliphatic rings. The normalized spacial score (nSPS) is 25.1. The van der Waals surface area contributed by atoms with Crippen LogP contribution >= 0.6 is 0 Å². The highest BCUT2D eigenvalue weighted by Gasteiger charge is 2.38. The van der Waals surface area contributed by atoms with Gasteiger partial charge in [-0.15, -0.1) is 0 Å². The Balaban J connectivity index is 1.39. The van der Waals surface area contributed by atoms with Crippen LogP contribution in [0.25, 0.3) is 0 Å². The van der Waals surface area contributed by atoms with Gasteiger partial charge in [0.1, 0.15) is 0 Å². The summed E-state index contributed by atoms with van der Waals surface area (Å²) in [6.07, 6.45) is 4.82. The fraction of sp³-hybridized carbons (Fsp3) is 0.867. The molecular formula is C15H25N3O3. The average molecular weight is 295 g/mol. The molecule has 0 saturated carbocycles. The van der Waals surface area contributed by atoms with Gasteiger partial charge in [-0.25, -0.2) is 4.79 Å². The van der Waals surface area contributed by atoms with Gasteiger partial charge in [0.15, 0.2) is 0 Å². The summed E-state index contributed by atoms with van der Waals surface area (Å²) in [4.78, 5) is 29.1. The number of likely N-dealkylation sites (tertiary alicyclic amines) is 3. The first-order chi connectivity index (χ1) is 10.1. The van der Waals surface area contributed by atoms with E-state index in [2.05, 4.69) is 4.90 Å². The van der Waals surface area contributed by atoms with E-state index in [1.54, 1.807) is 4.90 Å². The van der Waals surface area contributed by atoms with Crippen LogP contribution in [0.2, 0.25) is 0 Å². The molecule has 3 rings (SSSR count). The summed E-state index contributed by atoms with van der Waals surface area (Å²) in [6.45, 7) is 6.07. The van der Waals surface area contributed by atoms with E-state index in [-0.39, 0.29) is 11.9 Å². The molecule has 0 aromatic carbocycles. The minimum Gasteiger partial charge on any atom is -0.481 e. The third-order valence-corrected chi connectivity index (χ3v) is 5.10. The summed E-state index contributed by atoms with van der Waals surface area (Å²) in [7, 11) is 0. The van der Waals surface area contributed by atoms with Gasteiger partial charge in [0, 0.05) is 32.7 Å². The van der Waals surface area contributed by atoms with Gasteiger partial charge in [-0.05, 0) is 44.7 Å². The summed E-state index contributed by atoms with van der Waals surface area (Å²) in [5.74, 6) is -0.430. The second kappa shape index (κ2) is 6.22. The summed E-state index contributed by atoms with van der Waals surface area (Å²) in [5, 5.41) is 8.86. The Morgan fingerprint density at radius 3 is 2.14 bits per heavy atom. The zero-order chi connectivity index (χ0) is 14.8. The first kappa shape index (κ1) is 14.6. The van der Waals surface area contributed by atoms with Crippen LogP contribution in [0.15, 0.2) is 0 Å². The Bertz CT molecular complexity index is 395. The molecule has 3 saturated heterocycles. The number of piperidine rings is 1. The number of aliphatic carboxylic acids is 1. The van der Waals surface area contributed by atoms with E-state index < -0.39 is 5.97 Å². The monoisotopic (exact) mass is 295 g/mol. The fourth-order valence-electron chi connectivity index (χ4n) is 3.63. The van der Waals surface area contributed by atoms with Gasteiger partial charge in [0.05, 0.1) is 5.92 Å². The van der Waals surface area contributed by atoms with Crippen LogP contribution in [-0.4, -0.2) is 77.6 Å². The number of carbonyl (C=O) groups excluding carboxylic acids is 1. The molecule has 118 valence electrons. The number of rotatable bonds is 3. The zero-order valence-corrected chi connectivity index (χ0v) is 12.5.